The second-order valence-electron chi connectivity index (χ2n) is 4.95. The van der Waals surface area contributed by atoms with Crippen molar-refractivity contribution in [3.63, 3.8) is 0 Å². The van der Waals surface area contributed by atoms with Crippen LogP contribution in [0, 0.1) is 5.92 Å². The molecule has 0 aromatic heterocycles. The molecule has 1 N–H and O–H groups in total. The molecule has 1 atom stereocenters. The topological polar surface area (TPSA) is 55.4 Å². The summed E-state index contributed by atoms with van der Waals surface area (Å²) in [7, 11) is 0. The molecule has 0 radical (unpaired) electrons. The van der Waals surface area contributed by atoms with E-state index in [4.69, 9.17) is 4.74 Å². The minimum Gasteiger partial charge on any atom is -0.466 e. The molecule has 0 heterocycles. The summed E-state index contributed by atoms with van der Waals surface area (Å²) in [6, 6.07) is 5.95. The third-order valence-electron chi connectivity index (χ3n) is 3.30. The van der Waals surface area contributed by atoms with E-state index in [1.807, 2.05) is 25.1 Å². The van der Waals surface area contributed by atoms with Crippen LogP contribution in [0.3, 0.4) is 0 Å². The van der Waals surface area contributed by atoms with Gasteiger partial charge in [-0.1, -0.05) is 6.07 Å². The molecular weight excluding hydrogens is 242 g/mol. The molecule has 4 nitrogen and oxygen atoms in total. The van der Waals surface area contributed by atoms with Crippen LogP contribution >= 0.6 is 0 Å². The van der Waals surface area contributed by atoms with Crippen LogP contribution in [-0.2, 0) is 27.2 Å². The maximum atomic E-state index is 11.5. The van der Waals surface area contributed by atoms with Crippen molar-refractivity contribution in [3.05, 3.63) is 29.3 Å². The van der Waals surface area contributed by atoms with Crippen molar-refractivity contribution in [3.8, 4) is 0 Å². The molecule has 1 aromatic rings. The fourth-order valence-corrected chi connectivity index (χ4v) is 2.59. The van der Waals surface area contributed by atoms with Crippen LogP contribution in [0.1, 0.15) is 31.4 Å². The van der Waals surface area contributed by atoms with Gasteiger partial charge in [0.1, 0.15) is 0 Å². The standard InChI is InChI=1S/C15H19NO3/c1-3-19-15(18)8-11-6-12-4-5-14(16-10(2)17)9-13(12)7-11/h4-5,9,11H,3,6-8H2,1-2H3,(H,16,17). The molecule has 4 heteroatoms. The number of hydrogen-bond donors (Lipinski definition) is 1. The Morgan fingerprint density at radius 2 is 2.05 bits per heavy atom. The smallest absolute Gasteiger partial charge is 0.306 e. The summed E-state index contributed by atoms with van der Waals surface area (Å²) < 4.78 is 4.98. The molecule has 102 valence electrons. The first kappa shape index (κ1) is 13.6. The van der Waals surface area contributed by atoms with Crippen LogP contribution in [-0.4, -0.2) is 18.5 Å². The summed E-state index contributed by atoms with van der Waals surface area (Å²) in [6.07, 6.45) is 2.26. The molecule has 19 heavy (non-hydrogen) atoms. The van der Waals surface area contributed by atoms with Crippen molar-refractivity contribution in [2.75, 3.05) is 11.9 Å². The average molecular weight is 261 g/mol. The molecule has 1 aliphatic rings. The Hall–Kier alpha value is -1.84. The van der Waals surface area contributed by atoms with Crippen molar-refractivity contribution in [1.29, 1.82) is 0 Å². The van der Waals surface area contributed by atoms with E-state index < -0.39 is 0 Å². The fourth-order valence-electron chi connectivity index (χ4n) is 2.59. The monoisotopic (exact) mass is 261 g/mol. The number of carbonyl (C=O) groups excluding carboxylic acids is 2. The maximum Gasteiger partial charge on any atom is 0.306 e. The first-order valence-corrected chi connectivity index (χ1v) is 6.63. The van der Waals surface area contributed by atoms with Gasteiger partial charge < -0.3 is 10.1 Å². The number of carbonyl (C=O) groups is 2. The van der Waals surface area contributed by atoms with Gasteiger partial charge in [0.05, 0.1) is 6.61 Å². The summed E-state index contributed by atoms with van der Waals surface area (Å²) in [4.78, 5) is 22.5. The lowest BCUT2D eigenvalue weighted by molar-refractivity contribution is -0.144. The Morgan fingerprint density at radius 1 is 1.32 bits per heavy atom. The highest BCUT2D eigenvalue weighted by Gasteiger charge is 2.24. The Labute approximate surface area is 113 Å². The highest BCUT2D eigenvalue weighted by atomic mass is 16.5. The molecule has 0 saturated heterocycles. The quantitative estimate of drug-likeness (QED) is 0.846. The molecule has 2 rings (SSSR count). The second-order valence-corrected chi connectivity index (χ2v) is 4.95. The molecule has 0 spiro atoms. The number of benzene rings is 1. The summed E-state index contributed by atoms with van der Waals surface area (Å²) >= 11 is 0. The van der Waals surface area contributed by atoms with Gasteiger partial charge in [0, 0.05) is 19.0 Å². The maximum absolute atomic E-state index is 11.5. The largest absolute Gasteiger partial charge is 0.466 e. The van der Waals surface area contributed by atoms with E-state index in [0.29, 0.717) is 18.9 Å². The van der Waals surface area contributed by atoms with Crippen LogP contribution < -0.4 is 5.32 Å². The lowest BCUT2D eigenvalue weighted by Crippen LogP contribution is -2.11. The Balaban J connectivity index is 1.99. The van der Waals surface area contributed by atoms with E-state index in [0.717, 1.165) is 18.5 Å². The van der Waals surface area contributed by atoms with Gasteiger partial charge in [-0.25, -0.2) is 0 Å². The molecule has 0 bridgehead atoms. The van der Waals surface area contributed by atoms with Crippen LogP contribution in [0.4, 0.5) is 5.69 Å². The second kappa shape index (κ2) is 5.87. The summed E-state index contributed by atoms with van der Waals surface area (Å²) in [5, 5.41) is 2.78. The molecule has 1 aliphatic carbocycles. The van der Waals surface area contributed by atoms with Gasteiger partial charge in [-0.05, 0) is 48.9 Å². The zero-order valence-electron chi connectivity index (χ0n) is 11.4. The number of ether oxygens (including phenoxy) is 1. The zero-order valence-corrected chi connectivity index (χ0v) is 11.4. The third-order valence-corrected chi connectivity index (χ3v) is 3.30. The highest BCUT2D eigenvalue weighted by molar-refractivity contribution is 5.88. The molecular formula is C15H19NO3. The van der Waals surface area contributed by atoms with Gasteiger partial charge in [0.2, 0.25) is 5.91 Å². The zero-order chi connectivity index (χ0) is 13.8. The van der Waals surface area contributed by atoms with E-state index in [9.17, 15) is 9.59 Å². The molecule has 1 amide bonds. The number of nitrogens with one attached hydrogen (secondary N) is 1. The van der Waals surface area contributed by atoms with Gasteiger partial charge in [0.25, 0.3) is 0 Å². The molecule has 0 saturated carbocycles. The normalized spacial score (nSPS) is 16.8. The van der Waals surface area contributed by atoms with E-state index in [2.05, 4.69) is 5.32 Å². The summed E-state index contributed by atoms with van der Waals surface area (Å²) in [5.41, 5.74) is 3.31. The lowest BCUT2D eigenvalue weighted by atomic mass is 10.0. The number of amides is 1. The molecule has 1 unspecified atom stereocenters. The Morgan fingerprint density at radius 3 is 2.74 bits per heavy atom. The first-order chi connectivity index (χ1) is 9.08. The predicted molar refractivity (Wildman–Crippen MR) is 72.9 cm³/mol. The molecule has 0 fully saturated rings. The van der Waals surface area contributed by atoms with Crippen molar-refractivity contribution >= 4 is 17.6 Å². The number of esters is 1. The van der Waals surface area contributed by atoms with Crippen molar-refractivity contribution < 1.29 is 14.3 Å². The number of rotatable bonds is 4. The van der Waals surface area contributed by atoms with Crippen molar-refractivity contribution in [2.24, 2.45) is 5.92 Å². The molecule has 1 aromatic carbocycles. The number of fused-ring (bicyclic) bond motifs is 1. The SMILES string of the molecule is CCOC(=O)CC1Cc2ccc(NC(C)=O)cc2C1. The fraction of sp³-hybridized carbons (Fsp3) is 0.467. The van der Waals surface area contributed by atoms with Gasteiger partial charge in [0.15, 0.2) is 0 Å². The van der Waals surface area contributed by atoms with E-state index in [1.165, 1.54) is 18.1 Å². The van der Waals surface area contributed by atoms with Gasteiger partial charge in [-0.2, -0.15) is 0 Å². The van der Waals surface area contributed by atoms with Crippen LogP contribution in [0.25, 0.3) is 0 Å². The summed E-state index contributed by atoms with van der Waals surface area (Å²) in [6.45, 7) is 3.75. The van der Waals surface area contributed by atoms with Gasteiger partial charge >= 0.3 is 5.97 Å². The van der Waals surface area contributed by atoms with Crippen molar-refractivity contribution in [2.45, 2.75) is 33.1 Å². The first-order valence-electron chi connectivity index (χ1n) is 6.63. The van der Waals surface area contributed by atoms with Crippen LogP contribution in [0.2, 0.25) is 0 Å². The van der Waals surface area contributed by atoms with E-state index in [1.54, 1.807) is 0 Å². The van der Waals surface area contributed by atoms with Crippen LogP contribution in [0.5, 0.6) is 0 Å². The van der Waals surface area contributed by atoms with Gasteiger partial charge in [-0.15, -0.1) is 0 Å². The third kappa shape index (κ3) is 3.56. The molecule has 0 aliphatic heterocycles. The minimum atomic E-state index is -0.123. The van der Waals surface area contributed by atoms with Crippen molar-refractivity contribution in [1.82, 2.24) is 0 Å². The van der Waals surface area contributed by atoms with E-state index >= 15 is 0 Å². The Kier molecular flexibility index (Phi) is 4.20. The number of anilines is 1. The lowest BCUT2D eigenvalue weighted by Gasteiger charge is -2.07. The Bertz CT molecular complexity index is 496. The van der Waals surface area contributed by atoms with E-state index in [-0.39, 0.29) is 11.9 Å². The predicted octanol–water partition coefficient (Wildman–Crippen LogP) is 2.31. The number of hydrogen-bond acceptors (Lipinski definition) is 3. The minimum absolute atomic E-state index is 0.0685. The average Bonchev–Trinajstić information content (AvgIpc) is 2.69. The highest BCUT2D eigenvalue weighted by Crippen LogP contribution is 2.31. The summed E-state index contributed by atoms with van der Waals surface area (Å²) in [5.74, 6) is 0.130. The van der Waals surface area contributed by atoms with Gasteiger partial charge in [-0.3, -0.25) is 9.59 Å². The van der Waals surface area contributed by atoms with Crippen LogP contribution in [0.15, 0.2) is 18.2 Å².